The van der Waals surface area contributed by atoms with Crippen LogP contribution in [0.5, 0.6) is 0 Å². The van der Waals surface area contributed by atoms with Crippen molar-refractivity contribution in [2.24, 2.45) is 5.92 Å². The van der Waals surface area contributed by atoms with Gasteiger partial charge in [-0.15, -0.1) is 0 Å². The molecule has 7 nitrogen and oxygen atoms in total. The summed E-state index contributed by atoms with van der Waals surface area (Å²) in [6.45, 7) is 2.58. The number of hydrogen-bond donors (Lipinski definition) is 3. The third-order valence-electron chi connectivity index (χ3n) is 4.82. The molecule has 1 unspecified atom stereocenters. The first-order chi connectivity index (χ1) is 13.4. The van der Waals surface area contributed by atoms with Gasteiger partial charge in [0.25, 0.3) is 5.91 Å². The van der Waals surface area contributed by atoms with Crippen molar-refractivity contribution < 1.29 is 19.5 Å². The zero-order valence-corrected chi connectivity index (χ0v) is 15.6. The summed E-state index contributed by atoms with van der Waals surface area (Å²) in [4.78, 5) is 37.9. The predicted octanol–water partition coefficient (Wildman–Crippen LogP) is 3.58. The van der Waals surface area contributed by atoms with Crippen LogP contribution in [0.25, 0.3) is 0 Å². The Bertz CT molecular complexity index is 882. The maximum Gasteiger partial charge on any atom is 0.323 e. The average Bonchev–Trinajstić information content (AvgIpc) is 2.70. The van der Waals surface area contributed by atoms with Crippen molar-refractivity contribution in [2.75, 3.05) is 23.7 Å². The minimum absolute atomic E-state index is 0.208. The number of aliphatic carboxylic acids is 1. The Balaban J connectivity index is 1.71. The van der Waals surface area contributed by atoms with Gasteiger partial charge in [0.1, 0.15) is 0 Å². The number of urea groups is 1. The van der Waals surface area contributed by atoms with E-state index in [-0.39, 0.29) is 12.5 Å². The molecule has 7 heteroatoms. The van der Waals surface area contributed by atoms with Gasteiger partial charge in [0.2, 0.25) is 0 Å². The first-order valence-corrected chi connectivity index (χ1v) is 9.20. The van der Waals surface area contributed by atoms with Crippen molar-refractivity contribution in [3.63, 3.8) is 0 Å². The van der Waals surface area contributed by atoms with Crippen LogP contribution in [-0.2, 0) is 4.79 Å². The molecular formula is C21H23N3O4. The lowest BCUT2D eigenvalue weighted by Crippen LogP contribution is -2.42. The first-order valence-electron chi connectivity index (χ1n) is 9.20. The molecule has 0 bridgehead atoms. The molecule has 0 spiro atoms. The number of hydrogen-bond acceptors (Lipinski definition) is 3. The van der Waals surface area contributed by atoms with Gasteiger partial charge in [0.15, 0.2) is 0 Å². The molecule has 3 N–H and O–H groups in total. The third kappa shape index (κ3) is 4.68. The highest BCUT2D eigenvalue weighted by molar-refractivity contribution is 6.02. The summed E-state index contributed by atoms with van der Waals surface area (Å²) in [7, 11) is 0. The normalized spacial score (nSPS) is 16.3. The van der Waals surface area contributed by atoms with E-state index in [9.17, 15) is 19.5 Å². The number of rotatable bonds is 4. The number of aryl methyl sites for hydroxylation is 1. The van der Waals surface area contributed by atoms with E-state index in [4.69, 9.17) is 0 Å². The topological polar surface area (TPSA) is 98.7 Å². The van der Waals surface area contributed by atoms with Gasteiger partial charge < -0.3 is 20.6 Å². The predicted molar refractivity (Wildman–Crippen MR) is 107 cm³/mol. The van der Waals surface area contributed by atoms with Gasteiger partial charge in [-0.3, -0.25) is 9.59 Å². The summed E-state index contributed by atoms with van der Waals surface area (Å²) in [5.74, 6) is -1.63. The quantitative estimate of drug-likeness (QED) is 0.754. The summed E-state index contributed by atoms with van der Waals surface area (Å²) < 4.78 is 0. The Labute approximate surface area is 163 Å². The van der Waals surface area contributed by atoms with Crippen LogP contribution in [0.1, 0.15) is 28.8 Å². The van der Waals surface area contributed by atoms with Gasteiger partial charge in [0.05, 0.1) is 5.92 Å². The summed E-state index contributed by atoms with van der Waals surface area (Å²) >= 11 is 0. The van der Waals surface area contributed by atoms with E-state index in [1.54, 1.807) is 35.2 Å². The SMILES string of the molecule is Cc1ccc(C(=O)N2CCCC(C(=O)O)C2)cc1NC(=O)Nc1ccccc1. The molecule has 1 saturated heterocycles. The van der Waals surface area contributed by atoms with Crippen LogP contribution in [0.15, 0.2) is 48.5 Å². The van der Waals surface area contributed by atoms with E-state index in [2.05, 4.69) is 10.6 Å². The number of para-hydroxylation sites is 1. The molecular weight excluding hydrogens is 358 g/mol. The maximum atomic E-state index is 12.8. The smallest absolute Gasteiger partial charge is 0.323 e. The molecule has 3 rings (SSSR count). The summed E-state index contributed by atoms with van der Waals surface area (Å²) in [6.07, 6.45) is 1.25. The molecule has 0 radical (unpaired) electrons. The second-order valence-corrected chi connectivity index (χ2v) is 6.90. The lowest BCUT2D eigenvalue weighted by Gasteiger charge is -2.31. The number of amides is 3. The number of piperidine rings is 1. The second-order valence-electron chi connectivity index (χ2n) is 6.90. The van der Waals surface area contributed by atoms with E-state index < -0.39 is 17.9 Å². The lowest BCUT2D eigenvalue weighted by atomic mass is 9.97. The van der Waals surface area contributed by atoms with E-state index in [1.807, 2.05) is 25.1 Å². The highest BCUT2D eigenvalue weighted by Crippen LogP contribution is 2.22. The van der Waals surface area contributed by atoms with Crippen molar-refractivity contribution in [3.8, 4) is 0 Å². The molecule has 146 valence electrons. The Morgan fingerprint density at radius 3 is 2.54 bits per heavy atom. The van der Waals surface area contributed by atoms with Crippen molar-refractivity contribution in [2.45, 2.75) is 19.8 Å². The van der Waals surface area contributed by atoms with Crippen LogP contribution in [0.2, 0.25) is 0 Å². The monoisotopic (exact) mass is 381 g/mol. The lowest BCUT2D eigenvalue weighted by molar-refractivity contribution is -0.143. The molecule has 1 fully saturated rings. The van der Waals surface area contributed by atoms with Crippen LogP contribution in [0.4, 0.5) is 16.2 Å². The van der Waals surface area contributed by atoms with Crippen LogP contribution in [0, 0.1) is 12.8 Å². The number of carbonyl (C=O) groups excluding carboxylic acids is 2. The van der Waals surface area contributed by atoms with Crippen molar-refractivity contribution in [1.29, 1.82) is 0 Å². The Morgan fingerprint density at radius 1 is 1.07 bits per heavy atom. The van der Waals surface area contributed by atoms with Gasteiger partial charge in [-0.1, -0.05) is 24.3 Å². The van der Waals surface area contributed by atoms with E-state index in [0.717, 1.165) is 5.56 Å². The summed E-state index contributed by atoms with van der Waals surface area (Å²) in [6, 6.07) is 13.8. The molecule has 0 saturated carbocycles. The number of carboxylic acid groups (broad SMARTS) is 1. The molecule has 3 amide bonds. The number of carboxylic acids is 1. The largest absolute Gasteiger partial charge is 0.481 e. The number of carbonyl (C=O) groups is 3. The fraction of sp³-hybridized carbons (Fsp3) is 0.286. The van der Waals surface area contributed by atoms with Crippen LogP contribution >= 0.6 is 0 Å². The molecule has 1 aliphatic rings. The summed E-state index contributed by atoms with van der Waals surface area (Å²) in [5.41, 5.74) is 2.44. The Morgan fingerprint density at radius 2 is 1.82 bits per heavy atom. The van der Waals surface area contributed by atoms with E-state index in [0.29, 0.717) is 36.3 Å². The third-order valence-corrected chi connectivity index (χ3v) is 4.82. The number of likely N-dealkylation sites (tertiary alicyclic amines) is 1. The molecule has 0 aliphatic carbocycles. The van der Waals surface area contributed by atoms with Crippen LogP contribution in [-0.4, -0.2) is 41.0 Å². The molecule has 1 atom stereocenters. The number of benzene rings is 2. The first kappa shape index (κ1) is 19.4. The zero-order chi connectivity index (χ0) is 20.1. The highest BCUT2D eigenvalue weighted by atomic mass is 16.4. The van der Waals surface area contributed by atoms with E-state index >= 15 is 0 Å². The number of nitrogens with zero attached hydrogens (tertiary/aromatic N) is 1. The fourth-order valence-corrected chi connectivity index (χ4v) is 3.24. The molecule has 2 aromatic rings. The minimum atomic E-state index is -0.874. The van der Waals surface area contributed by atoms with Gasteiger partial charge in [-0.25, -0.2) is 4.79 Å². The summed E-state index contributed by atoms with van der Waals surface area (Å²) in [5, 5.41) is 14.7. The minimum Gasteiger partial charge on any atom is -0.481 e. The Kier molecular flexibility index (Phi) is 5.93. The van der Waals surface area contributed by atoms with Gasteiger partial charge in [-0.05, 0) is 49.6 Å². The molecule has 28 heavy (non-hydrogen) atoms. The van der Waals surface area contributed by atoms with Gasteiger partial charge in [0, 0.05) is 30.0 Å². The van der Waals surface area contributed by atoms with Crippen LogP contribution in [0.3, 0.4) is 0 Å². The van der Waals surface area contributed by atoms with Crippen LogP contribution < -0.4 is 10.6 Å². The molecule has 1 aliphatic heterocycles. The number of anilines is 2. The van der Waals surface area contributed by atoms with Gasteiger partial charge >= 0.3 is 12.0 Å². The maximum absolute atomic E-state index is 12.8. The highest BCUT2D eigenvalue weighted by Gasteiger charge is 2.28. The van der Waals surface area contributed by atoms with Gasteiger partial charge in [-0.2, -0.15) is 0 Å². The average molecular weight is 381 g/mol. The molecule has 0 aromatic heterocycles. The molecule has 1 heterocycles. The van der Waals surface area contributed by atoms with Crippen molar-refractivity contribution in [1.82, 2.24) is 4.90 Å². The van der Waals surface area contributed by atoms with Crippen molar-refractivity contribution >= 4 is 29.3 Å². The van der Waals surface area contributed by atoms with E-state index in [1.165, 1.54) is 0 Å². The van der Waals surface area contributed by atoms with Crippen molar-refractivity contribution in [3.05, 3.63) is 59.7 Å². The zero-order valence-electron chi connectivity index (χ0n) is 15.6. The molecule has 2 aromatic carbocycles. The number of nitrogens with one attached hydrogen (secondary N) is 2. The second kappa shape index (κ2) is 8.56. The Hall–Kier alpha value is -3.35. The standard InChI is InChI=1S/C21H23N3O4/c1-14-9-10-15(19(25)24-11-5-6-16(13-24)20(26)27)12-18(14)23-21(28)22-17-7-3-2-4-8-17/h2-4,7-10,12,16H,5-6,11,13H2,1H3,(H,26,27)(H2,22,23,28). The fourth-order valence-electron chi connectivity index (χ4n) is 3.24.